The Hall–Kier alpha value is -0.760. The van der Waals surface area contributed by atoms with Crippen LogP contribution in [0.5, 0.6) is 0 Å². The smallest absolute Gasteiger partial charge is 0.165 e. The van der Waals surface area contributed by atoms with Crippen molar-refractivity contribution in [2.24, 2.45) is 5.92 Å². The minimum Gasteiger partial charge on any atom is -0.294 e. The molecular weight excluding hydrogens is 192 g/mol. The topological polar surface area (TPSA) is 17.1 Å². The molecule has 0 N–H and O–H groups in total. The summed E-state index contributed by atoms with van der Waals surface area (Å²) in [5.74, 6) is 1.74. The van der Waals surface area contributed by atoms with Crippen molar-refractivity contribution in [1.29, 1.82) is 0 Å². The minimum absolute atomic E-state index is 0.332. The zero-order chi connectivity index (χ0) is 9.97. The maximum Gasteiger partial charge on any atom is 0.165 e. The molecule has 0 heterocycles. The van der Waals surface area contributed by atoms with Crippen molar-refractivity contribution in [3.63, 3.8) is 0 Å². The Kier molecular flexibility index (Phi) is 2.92. The summed E-state index contributed by atoms with van der Waals surface area (Å²) >= 11 is 1.81. The van der Waals surface area contributed by atoms with E-state index in [4.69, 9.17) is 0 Å². The molecule has 2 rings (SSSR count). The van der Waals surface area contributed by atoms with E-state index in [1.54, 1.807) is 0 Å². The predicted octanol–water partition coefficient (Wildman–Crippen LogP) is 3.39. The molecule has 1 saturated carbocycles. The lowest BCUT2D eigenvalue weighted by Gasteiger charge is -2.01. The van der Waals surface area contributed by atoms with Crippen molar-refractivity contribution in [2.45, 2.75) is 24.7 Å². The number of hydrogen-bond donors (Lipinski definition) is 0. The van der Waals surface area contributed by atoms with Crippen LogP contribution in [-0.2, 0) is 0 Å². The fourth-order valence-corrected chi connectivity index (χ4v) is 2.13. The van der Waals surface area contributed by atoms with Crippen molar-refractivity contribution in [2.75, 3.05) is 5.75 Å². The Morgan fingerprint density at radius 2 is 2.00 bits per heavy atom. The number of ketones is 1. The molecule has 0 aromatic heterocycles. The minimum atomic E-state index is 0.332. The standard InChI is InChI=1S/C12H14OS/c1-2-14-11-7-5-10(6-8-11)12(13)9-3-4-9/h5-9H,2-4H2,1H3. The van der Waals surface area contributed by atoms with Gasteiger partial charge in [-0.1, -0.05) is 19.1 Å². The fourth-order valence-electron chi connectivity index (χ4n) is 1.46. The molecule has 1 aromatic carbocycles. The largest absolute Gasteiger partial charge is 0.294 e. The van der Waals surface area contributed by atoms with Crippen LogP contribution in [0, 0.1) is 5.92 Å². The Bertz CT molecular complexity index is 325. The number of hydrogen-bond acceptors (Lipinski definition) is 2. The van der Waals surface area contributed by atoms with Crippen molar-refractivity contribution < 1.29 is 4.79 Å². The molecule has 1 aliphatic rings. The van der Waals surface area contributed by atoms with Gasteiger partial charge in [-0.25, -0.2) is 0 Å². The first kappa shape index (κ1) is 9.78. The summed E-state index contributed by atoms with van der Waals surface area (Å²) in [7, 11) is 0. The van der Waals surface area contributed by atoms with Crippen LogP contribution in [0.2, 0.25) is 0 Å². The Morgan fingerprint density at radius 1 is 1.36 bits per heavy atom. The van der Waals surface area contributed by atoms with Gasteiger partial charge in [0.1, 0.15) is 0 Å². The van der Waals surface area contributed by atoms with Crippen LogP contribution in [0.4, 0.5) is 0 Å². The van der Waals surface area contributed by atoms with E-state index in [2.05, 4.69) is 6.92 Å². The van der Waals surface area contributed by atoms with E-state index in [0.29, 0.717) is 11.7 Å². The van der Waals surface area contributed by atoms with Gasteiger partial charge in [0.15, 0.2) is 5.78 Å². The zero-order valence-corrected chi connectivity index (χ0v) is 9.14. The second-order valence-electron chi connectivity index (χ2n) is 3.60. The summed E-state index contributed by atoms with van der Waals surface area (Å²) in [6.45, 7) is 2.13. The molecule has 2 heteroatoms. The number of carbonyl (C=O) groups is 1. The van der Waals surface area contributed by atoms with Crippen LogP contribution < -0.4 is 0 Å². The number of rotatable bonds is 4. The molecular formula is C12H14OS. The Morgan fingerprint density at radius 3 is 2.50 bits per heavy atom. The second-order valence-corrected chi connectivity index (χ2v) is 4.93. The normalized spacial score (nSPS) is 15.5. The molecule has 1 fully saturated rings. The molecule has 74 valence electrons. The van der Waals surface area contributed by atoms with Crippen molar-refractivity contribution >= 4 is 17.5 Å². The molecule has 0 aliphatic heterocycles. The first-order chi connectivity index (χ1) is 6.81. The summed E-state index contributed by atoms with van der Waals surface area (Å²) in [6, 6.07) is 8.00. The summed E-state index contributed by atoms with van der Waals surface area (Å²) in [5, 5.41) is 0. The summed E-state index contributed by atoms with van der Waals surface area (Å²) in [5.41, 5.74) is 0.882. The molecule has 1 aromatic rings. The van der Waals surface area contributed by atoms with E-state index >= 15 is 0 Å². The molecule has 0 spiro atoms. The zero-order valence-electron chi connectivity index (χ0n) is 8.32. The highest BCUT2D eigenvalue weighted by atomic mass is 32.2. The van der Waals surface area contributed by atoms with E-state index < -0.39 is 0 Å². The van der Waals surface area contributed by atoms with Gasteiger partial charge >= 0.3 is 0 Å². The van der Waals surface area contributed by atoms with Crippen molar-refractivity contribution in [3.05, 3.63) is 29.8 Å². The number of benzene rings is 1. The van der Waals surface area contributed by atoms with E-state index in [-0.39, 0.29) is 0 Å². The van der Waals surface area contributed by atoms with Crippen LogP contribution in [0.25, 0.3) is 0 Å². The van der Waals surface area contributed by atoms with Gasteiger partial charge in [0.2, 0.25) is 0 Å². The highest BCUT2D eigenvalue weighted by Crippen LogP contribution is 2.32. The SMILES string of the molecule is CCSc1ccc(C(=O)C2CC2)cc1. The molecule has 0 saturated heterocycles. The summed E-state index contributed by atoms with van der Waals surface area (Å²) in [6.07, 6.45) is 2.18. The molecule has 1 aliphatic carbocycles. The molecule has 0 bridgehead atoms. The number of Topliss-reactive ketones (excluding diaryl/α,β-unsaturated/α-hetero) is 1. The first-order valence-corrected chi connectivity index (χ1v) is 6.07. The van der Waals surface area contributed by atoms with Crippen LogP contribution in [0.15, 0.2) is 29.2 Å². The number of carbonyl (C=O) groups excluding carboxylic acids is 1. The predicted molar refractivity (Wildman–Crippen MR) is 59.9 cm³/mol. The van der Waals surface area contributed by atoms with Gasteiger partial charge in [-0.05, 0) is 30.7 Å². The van der Waals surface area contributed by atoms with E-state index in [1.165, 1.54) is 4.90 Å². The lowest BCUT2D eigenvalue weighted by Crippen LogP contribution is -2.00. The maximum absolute atomic E-state index is 11.7. The van der Waals surface area contributed by atoms with E-state index in [1.807, 2.05) is 36.0 Å². The third-order valence-corrected chi connectivity index (χ3v) is 3.29. The van der Waals surface area contributed by atoms with E-state index in [0.717, 1.165) is 24.2 Å². The monoisotopic (exact) mass is 206 g/mol. The molecule has 0 unspecified atom stereocenters. The molecule has 14 heavy (non-hydrogen) atoms. The highest BCUT2D eigenvalue weighted by Gasteiger charge is 2.30. The van der Waals surface area contributed by atoms with Crippen LogP contribution in [-0.4, -0.2) is 11.5 Å². The lowest BCUT2D eigenvalue weighted by molar-refractivity contribution is 0.0967. The van der Waals surface area contributed by atoms with Gasteiger partial charge in [-0.3, -0.25) is 4.79 Å². The third kappa shape index (κ3) is 2.18. The second kappa shape index (κ2) is 4.18. The first-order valence-electron chi connectivity index (χ1n) is 5.08. The molecule has 0 atom stereocenters. The maximum atomic E-state index is 11.7. The lowest BCUT2D eigenvalue weighted by atomic mass is 10.1. The molecule has 1 nitrogen and oxygen atoms in total. The quantitative estimate of drug-likeness (QED) is 0.555. The van der Waals surface area contributed by atoms with Gasteiger partial charge in [0.25, 0.3) is 0 Å². The van der Waals surface area contributed by atoms with Crippen LogP contribution in [0.3, 0.4) is 0 Å². The summed E-state index contributed by atoms with van der Waals surface area (Å²) < 4.78 is 0. The average Bonchev–Trinajstić information content (AvgIpc) is 3.02. The Labute approximate surface area is 88.9 Å². The van der Waals surface area contributed by atoms with Crippen molar-refractivity contribution in [1.82, 2.24) is 0 Å². The Balaban J connectivity index is 2.08. The van der Waals surface area contributed by atoms with Crippen LogP contribution in [0.1, 0.15) is 30.1 Å². The fraction of sp³-hybridized carbons (Fsp3) is 0.417. The van der Waals surface area contributed by atoms with Gasteiger partial charge in [-0.15, -0.1) is 11.8 Å². The summed E-state index contributed by atoms with van der Waals surface area (Å²) in [4.78, 5) is 12.9. The van der Waals surface area contributed by atoms with Gasteiger partial charge < -0.3 is 0 Å². The number of thioether (sulfide) groups is 1. The van der Waals surface area contributed by atoms with Gasteiger partial charge in [0.05, 0.1) is 0 Å². The average molecular weight is 206 g/mol. The van der Waals surface area contributed by atoms with E-state index in [9.17, 15) is 4.79 Å². The molecule has 0 radical (unpaired) electrons. The van der Waals surface area contributed by atoms with Crippen molar-refractivity contribution in [3.8, 4) is 0 Å². The van der Waals surface area contributed by atoms with Gasteiger partial charge in [0, 0.05) is 16.4 Å². The van der Waals surface area contributed by atoms with Gasteiger partial charge in [-0.2, -0.15) is 0 Å². The highest BCUT2D eigenvalue weighted by molar-refractivity contribution is 7.99. The van der Waals surface area contributed by atoms with Crippen LogP contribution >= 0.6 is 11.8 Å². The molecule has 0 amide bonds. The third-order valence-electron chi connectivity index (χ3n) is 2.40.